The number of aliphatic hydroxyl groups excluding tert-OH is 1. The molecule has 0 saturated heterocycles. The average molecular weight is 284 g/mol. The van der Waals surface area contributed by atoms with Crippen molar-refractivity contribution in [3.8, 4) is 11.5 Å². The lowest BCUT2D eigenvalue weighted by Gasteiger charge is -2.30. The normalized spacial score (nSPS) is 20.5. The van der Waals surface area contributed by atoms with Gasteiger partial charge in [-0.05, 0) is 29.7 Å². The summed E-state index contributed by atoms with van der Waals surface area (Å²) in [5, 5.41) is 10.3. The van der Waals surface area contributed by atoms with Gasteiger partial charge in [-0.15, -0.1) is 0 Å². The first-order valence-electron chi connectivity index (χ1n) is 7.32. The second-order valence-electron chi connectivity index (χ2n) is 5.36. The van der Waals surface area contributed by atoms with E-state index >= 15 is 0 Å². The van der Waals surface area contributed by atoms with Gasteiger partial charge in [0.15, 0.2) is 0 Å². The molecular weight excluding hydrogens is 264 g/mol. The molecule has 2 atom stereocenters. The van der Waals surface area contributed by atoms with Crippen LogP contribution >= 0.6 is 0 Å². The van der Waals surface area contributed by atoms with E-state index in [2.05, 4.69) is 31.2 Å². The molecule has 2 aromatic rings. The smallest absolute Gasteiger partial charge is 0.129 e. The molecule has 0 spiro atoms. The molecule has 0 saturated carbocycles. The molecule has 0 bridgehead atoms. The number of benzene rings is 2. The molecule has 0 aliphatic carbocycles. The van der Waals surface area contributed by atoms with Crippen LogP contribution in [0, 0.1) is 0 Å². The Bertz CT molecular complexity index is 619. The van der Waals surface area contributed by atoms with E-state index < -0.39 is 6.10 Å². The third-order valence-electron chi connectivity index (χ3n) is 4.05. The Labute approximate surface area is 125 Å². The van der Waals surface area contributed by atoms with E-state index in [1.54, 1.807) is 7.11 Å². The highest BCUT2D eigenvalue weighted by atomic mass is 16.5. The lowest BCUT2D eigenvalue weighted by atomic mass is 9.94. The van der Waals surface area contributed by atoms with E-state index in [1.165, 1.54) is 5.56 Å². The van der Waals surface area contributed by atoms with Crippen molar-refractivity contribution in [2.45, 2.75) is 32.0 Å². The van der Waals surface area contributed by atoms with Crippen LogP contribution in [-0.4, -0.2) is 12.2 Å². The van der Waals surface area contributed by atoms with Gasteiger partial charge in [-0.1, -0.05) is 31.2 Å². The van der Waals surface area contributed by atoms with Crippen LogP contribution in [0.1, 0.15) is 42.2 Å². The molecule has 1 unspecified atom stereocenters. The summed E-state index contributed by atoms with van der Waals surface area (Å²) in [7, 11) is 1.63. The highest BCUT2D eigenvalue weighted by Crippen LogP contribution is 2.42. The SMILES string of the molecule is CCc1ccc(C2C[C@@H](O)c3ccc(OC)cc3O2)cc1. The Kier molecular flexibility index (Phi) is 3.84. The number of methoxy groups -OCH3 is 1. The number of hydrogen-bond donors (Lipinski definition) is 1. The summed E-state index contributed by atoms with van der Waals surface area (Å²) in [4.78, 5) is 0. The Morgan fingerprint density at radius 1 is 1.19 bits per heavy atom. The minimum absolute atomic E-state index is 0.120. The summed E-state index contributed by atoms with van der Waals surface area (Å²) in [6, 6.07) is 14.0. The molecule has 0 radical (unpaired) electrons. The molecule has 1 heterocycles. The number of aliphatic hydroxyl groups is 1. The molecule has 0 amide bonds. The summed E-state index contributed by atoms with van der Waals surface area (Å²) in [6.45, 7) is 2.14. The van der Waals surface area contributed by atoms with E-state index in [9.17, 15) is 5.11 Å². The van der Waals surface area contributed by atoms with Crippen molar-refractivity contribution in [1.82, 2.24) is 0 Å². The lowest BCUT2D eigenvalue weighted by Crippen LogP contribution is -2.19. The van der Waals surface area contributed by atoms with Crippen molar-refractivity contribution < 1.29 is 14.6 Å². The third kappa shape index (κ3) is 2.74. The van der Waals surface area contributed by atoms with Gasteiger partial charge in [0.2, 0.25) is 0 Å². The second-order valence-corrected chi connectivity index (χ2v) is 5.36. The Balaban J connectivity index is 1.89. The predicted octanol–water partition coefficient (Wildman–Crippen LogP) is 3.81. The maximum Gasteiger partial charge on any atom is 0.129 e. The first-order valence-corrected chi connectivity index (χ1v) is 7.32. The van der Waals surface area contributed by atoms with E-state index in [1.807, 2.05) is 18.2 Å². The monoisotopic (exact) mass is 284 g/mol. The maximum absolute atomic E-state index is 10.3. The summed E-state index contributed by atoms with van der Waals surface area (Å²) in [5.74, 6) is 1.44. The van der Waals surface area contributed by atoms with Crippen LogP contribution in [0.3, 0.4) is 0 Å². The van der Waals surface area contributed by atoms with Gasteiger partial charge in [0.25, 0.3) is 0 Å². The maximum atomic E-state index is 10.3. The Morgan fingerprint density at radius 3 is 2.62 bits per heavy atom. The Hall–Kier alpha value is -2.00. The zero-order chi connectivity index (χ0) is 14.8. The van der Waals surface area contributed by atoms with E-state index in [4.69, 9.17) is 9.47 Å². The molecular formula is C18H20O3. The highest BCUT2D eigenvalue weighted by Gasteiger charge is 2.28. The van der Waals surface area contributed by atoms with Crippen LogP contribution in [-0.2, 0) is 6.42 Å². The van der Waals surface area contributed by atoms with E-state index in [0.717, 1.165) is 23.3 Å². The lowest BCUT2D eigenvalue weighted by molar-refractivity contribution is 0.0655. The van der Waals surface area contributed by atoms with Crippen molar-refractivity contribution in [1.29, 1.82) is 0 Å². The molecule has 21 heavy (non-hydrogen) atoms. The van der Waals surface area contributed by atoms with Gasteiger partial charge in [0, 0.05) is 18.1 Å². The Morgan fingerprint density at radius 2 is 1.95 bits per heavy atom. The van der Waals surface area contributed by atoms with Crippen molar-refractivity contribution >= 4 is 0 Å². The van der Waals surface area contributed by atoms with Crippen LogP contribution in [0.15, 0.2) is 42.5 Å². The molecule has 3 rings (SSSR count). The van der Waals surface area contributed by atoms with E-state index in [-0.39, 0.29) is 6.10 Å². The first kappa shape index (κ1) is 14.0. The first-order chi connectivity index (χ1) is 10.2. The van der Waals surface area contributed by atoms with E-state index in [0.29, 0.717) is 12.2 Å². The molecule has 1 aliphatic heterocycles. The number of rotatable bonds is 3. The number of aryl methyl sites for hydroxylation is 1. The van der Waals surface area contributed by atoms with Crippen LogP contribution in [0.5, 0.6) is 11.5 Å². The van der Waals surface area contributed by atoms with Crippen molar-refractivity contribution in [2.75, 3.05) is 7.11 Å². The molecule has 2 aromatic carbocycles. The molecule has 110 valence electrons. The van der Waals surface area contributed by atoms with Crippen LogP contribution in [0.2, 0.25) is 0 Å². The molecule has 3 heteroatoms. The fourth-order valence-electron chi connectivity index (χ4n) is 2.72. The highest BCUT2D eigenvalue weighted by molar-refractivity contribution is 5.44. The summed E-state index contributed by atoms with van der Waals surface area (Å²) in [6.07, 6.45) is 0.972. The third-order valence-corrected chi connectivity index (χ3v) is 4.05. The van der Waals surface area contributed by atoms with Crippen LogP contribution in [0.4, 0.5) is 0 Å². The van der Waals surface area contributed by atoms with Gasteiger partial charge >= 0.3 is 0 Å². The van der Waals surface area contributed by atoms with Crippen molar-refractivity contribution in [3.63, 3.8) is 0 Å². The topological polar surface area (TPSA) is 38.7 Å². The second kappa shape index (κ2) is 5.78. The summed E-state index contributed by atoms with van der Waals surface area (Å²) < 4.78 is 11.3. The van der Waals surface area contributed by atoms with Gasteiger partial charge in [0.05, 0.1) is 13.2 Å². The van der Waals surface area contributed by atoms with Gasteiger partial charge in [-0.2, -0.15) is 0 Å². The zero-order valence-corrected chi connectivity index (χ0v) is 12.4. The number of fused-ring (bicyclic) bond motifs is 1. The molecule has 1 aliphatic rings. The standard InChI is InChI=1S/C18H20O3/c1-3-12-4-6-13(7-5-12)17-11-16(19)15-9-8-14(20-2)10-18(15)21-17/h4-10,16-17,19H,3,11H2,1-2H3/t16-,17?/m1/s1. The summed E-state index contributed by atoms with van der Waals surface area (Å²) >= 11 is 0. The van der Waals surface area contributed by atoms with Gasteiger partial charge in [-0.3, -0.25) is 0 Å². The average Bonchev–Trinajstić information content (AvgIpc) is 2.54. The minimum Gasteiger partial charge on any atom is -0.497 e. The summed E-state index contributed by atoms with van der Waals surface area (Å²) in [5.41, 5.74) is 3.23. The molecule has 3 nitrogen and oxygen atoms in total. The fraction of sp³-hybridized carbons (Fsp3) is 0.333. The molecule has 1 N–H and O–H groups in total. The van der Waals surface area contributed by atoms with Gasteiger partial charge in [0.1, 0.15) is 17.6 Å². The zero-order valence-electron chi connectivity index (χ0n) is 12.4. The fourth-order valence-corrected chi connectivity index (χ4v) is 2.72. The predicted molar refractivity (Wildman–Crippen MR) is 81.8 cm³/mol. The van der Waals surface area contributed by atoms with Crippen molar-refractivity contribution in [2.24, 2.45) is 0 Å². The largest absolute Gasteiger partial charge is 0.497 e. The van der Waals surface area contributed by atoms with Gasteiger partial charge < -0.3 is 14.6 Å². The number of ether oxygens (including phenoxy) is 2. The van der Waals surface area contributed by atoms with Crippen molar-refractivity contribution in [3.05, 3.63) is 59.2 Å². The van der Waals surface area contributed by atoms with Crippen LogP contribution < -0.4 is 9.47 Å². The number of hydrogen-bond acceptors (Lipinski definition) is 3. The quantitative estimate of drug-likeness (QED) is 0.931. The minimum atomic E-state index is -0.504. The molecule has 0 fully saturated rings. The van der Waals surface area contributed by atoms with Crippen LogP contribution in [0.25, 0.3) is 0 Å². The molecule has 0 aromatic heterocycles. The van der Waals surface area contributed by atoms with Gasteiger partial charge in [-0.25, -0.2) is 0 Å².